The molecule has 21 heavy (non-hydrogen) atoms. The van der Waals surface area contributed by atoms with E-state index in [2.05, 4.69) is 0 Å². The van der Waals surface area contributed by atoms with Crippen LogP contribution in [-0.4, -0.2) is 30.4 Å². The molecule has 1 saturated heterocycles. The Morgan fingerprint density at radius 3 is 2.43 bits per heavy atom. The fourth-order valence-electron chi connectivity index (χ4n) is 2.01. The van der Waals surface area contributed by atoms with Gasteiger partial charge in [-0.15, -0.1) is 0 Å². The molecule has 0 bridgehead atoms. The first kappa shape index (κ1) is 17.0. The maximum absolute atomic E-state index is 11.9. The molecule has 0 aromatic heterocycles. The molecule has 1 heterocycles. The van der Waals surface area contributed by atoms with Crippen LogP contribution in [0.15, 0.2) is 30.3 Å². The van der Waals surface area contributed by atoms with Crippen LogP contribution in [0.4, 0.5) is 0 Å². The van der Waals surface area contributed by atoms with E-state index in [1.165, 1.54) is 11.0 Å². The van der Waals surface area contributed by atoms with Gasteiger partial charge in [0.25, 0.3) is 5.91 Å². The molecule has 1 aromatic carbocycles. The summed E-state index contributed by atoms with van der Waals surface area (Å²) in [6.07, 6.45) is 5.41. The summed E-state index contributed by atoms with van der Waals surface area (Å²) >= 11 is 0. The number of nitrogens with zero attached hydrogens (tertiary/aromatic N) is 1. The van der Waals surface area contributed by atoms with E-state index in [9.17, 15) is 9.59 Å². The summed E-state index contributed by atoms with van der Waals surface area (Å²) in [4.78, 5) is 24.8. The number of carbonyl (C=O) groups excluding carboxylic acids is 2. The molecule has 0 unspecified atom stereocenters. The van der Waals surface area contributed by atoms with Gasteiger partial charge in [-0.2, -0.15) is 0 Å². The number of methoxy groups -OCH3 is 1. The Balaban J connectivity index is 0.00000106. The average Bonchev–Trinajstić information content (AvgIpc) is 2.55. The number of imide groups is 1. The van der Waals surface area contributed by atoms with Crippen molar-refractivity contribution in [2.75, 3.05) is 13.7 Å². The Morgan fingerprint density at radius 1 is 1.19 bits per heavy atom. The van der Waals surface area contributed by atoms with Gasteiger partial charge in [-0.05, 0) is 36.6 Å². The van der Waals surface area contributed by atoms with Crippen molar-refractivity contribution in [3.8, 4) is 5.75 Å². The van der Waals surface area contributed by atoms with Crippen LogP contribution in [0.25, 0.3) is 6.08 Å². The van der Waals surface area contributed by atoms with Crippen molar-refractivity contribution in [2.45, 2.75) is 33.1 Å². The Morgan fingerprint density at radius 2 is 1.86 bits per heavy atom. The highest BCUT2D eigenvalue weighted by atomic mass is 16.5. The molecular weight excluding hydrogens is 266 g/mol. The van der Waals surface area contributed by atoms with Gasteiger partial charge in [-0.25, -0.2) is 0 Å². The predicted octanol–water partition coefficient (Wildman–Crippen LogP) is 3.27. The third-order valence-corrected chi connectivity index (χ3v) is 3.12. The van der Waals surface area contributed by atoms with Crippen LogP contribution in [-0.2, 0) is 9.59 Å². The van der Waals surface area contributed by atoms with Crippen molar-refractivity contribution < 1.29 is 14.3 Å². The number of benzene rings is 1. The maximum atomic E-state index is 11.9. The van der Waals surface area contributed by atoms with E-state index in [0.717, 1.165) is 24.2 Å². The lowest BCUT2D eigenvalue weighted by molar-refractivity contribution is -0.143. The quantitative estimate of drug-likeness (QED) is 0.802. The van der Waals surface area contributed by atoms with Crippen LogP contribution < -0.4 is 4.74 Å². The highest BCUT2D eigenvalue weighted by Crippen LogP contribution is 2.14. The lowest BCUT2D eigenvalue weighted by Crippen LogP contribution is -2.39. The van der Waals surface area contributed by atoms with Gasteiger partial charge in [0.15, 0.2) is 0 Å². The molecule has 1 fully saturated rings. The Bertz CT molecular complexity index is 491. The number of piperidine rings is 1. The van der Waals surface area contributed by atoms with Gasteiger partial charge in [-0.1, -0.05) is 26.0 Å². The standard InChI is InChI=1S/C15H17NO3.C2H6/c1-19-13-8-5-12(6-9-13)7-10-15(18)16-11-3-2-4-14(16)17;1-2/h5-10H,2-4,11H2,1H3;1-2H3/b10-7+;. The third kappa shape index (κ3) is 5.06. The molecule has 1 aliphatic rings. The second kappa shape index (κ2) is 8.95. The van der Waals surface area contributed by atoms with Gasteiger partial charge >= 0.3 is 0 Å². The van der Waals surface area contributed by atoms with Gasteiger partial charge in [0.2, 0.25) is 5.91 Å². The van der Waals surface area contributed by atoms with Crippen molar-refractivity contribution in [3.05, 3.63) is 35.9 Å². The first-order valence-corrected chi connectivity index (χ1v) is 7.37. The lowest BCUT2D eigenvalue weighted by atomic mass is 10.1. The molecule has 0 aliphatic carbocycles. The monoisotopic (exact) mass is 289 g/mol. The summed E-state index contributed by atoms with van der Waals surface area (Å²) in [5, 5.41) is 0. The average molecular weight is 289 g/mol. The van der Waals surface area contributed by atoms with Gasteiger partial charge in [0, 0.05) is 19.0 Å². The SMILES string of the molecule is CC.COc1ccc(/C=C/C(=O)N2CCCCC2=O)cc1. The molecule has 114 valence electrons. The molecule has 4 nitrogen and oxygen atoms in total. The fraction of sp³-hybridized carbons (Fsp3) is 0.412. The van der Waals surface area contributed by atoms with Crippen molar-refractivity contribution in [3.63, 3.8) is 0 Å². The molecular formula is C17H23NO3. The van der Waals surface area contributed by atoms with E-state index >= 15 is 0 Å². The van der Waals surface area contributed by atoms with E-state index < -0.39 is 0 Å². The maximum Gasteiger partial charge on any atom is 0.253 e. The van der Waals surface area contributed by atoms with Crippen LogP contribution in [0, 0.1) is 0 Å². The number of rotatable bonds is 3. The van der Waals surface area contributed by atoms with Crippen molar-refractivity contribution in [2.24, 2.45) is 0 Å². The van der Waals surface area contributed by atoms with Crippen LogP contribution in [0.1, 0.15) is 38.7 Å². The lowest BCUT2D eigenvalue weighted by Gasteiger charge is -2.23. The minimum Gasteiger partial charge on any atom is -0.497 e. The fourth-order valence-corrected chi connectivity index (χ4v) is 2.01. The summed E-state index contributed by atoms with van der Waals surface area (Å²) in [6.45, 7) is 4.53. The number of hydrogen-bond donors (Lipinski definition) is 0. The highest BCUT2D eigenvalue weighted by molar-refractivity contribution is 6.03. The van der Waals surface area contributed by atoms with Gasteiger partial charge in [0.1, 0.15) is 5.75 Å². The first-order chi connectivity index (χ1) is 10.2. The second-order valence-electron chi connectivity index (χ2n) is 4.45. The summed E-state index contributed by atoms with van der Waals surface area (Å²) in [6, 6.07) is 7.38. The predicted molar refractivity (Wildman–Crippen MR) is 83.9 cm³/mol. The summed E-state index contributed by atoms with van der Waals surface area (Å²) in [5.41, 5.74) is 0.901. The number of carbonyl (C=O) groups is 2. The van der Waals surface area contributed by atoms with E-state index in [1.54, 1.807) is 13.2 Å². The minimum absolute atomic E-state index is 0.0735. The van der Waals surface area contributed by atoms with Crippen LogP contribution in [0.5, 0.6) is 5.75 Å². The van der Waals surface area contributed by atoms with E-state index in [1.807, 2.05) is 38.1 Å². The second-order valence-corrected chi connectivity index (χ2v) is 4.45. The molecule has 0 N–H and O–H groups in total. The number of ether oxygens (including phenoxy) is 1. The highest BCUT2D eigenvalue weighted by Gasteiger charge is 2.22. The van der Waals surface area contributed by atoms with E-state index in [-0.39, 0.29) is 11.8 Å². The number of hydrogen-bond acceptors (Lipinski definition) is 3. The van der Waals surface area contributed by atoms with Crippen molar-refractivity contribution in [1.29, 1.82) is 0 Å². The largest absolute Gasteiger partial charge is 0.497 e. The molecule has 0 spiro atoms. The molecule has 2 amide bonds. The van der Waals surface area contributed by atoms with E-state index in [0.29, 0.717) is 13.0 Å². The molecule has 0 atom stereocenters. The van der Waals surface area contributed by atoms with Crippen molar-refractivity contribution in [1.82, 2.24) is 4.90 Å². The van der Waals surface area contributed by atoms with E-state index in [4.69, 9.17) is 4.74 Å². The Hall–Kier alpha value is -2.10. The van der Waals surface area contributed by atoms with Crippen LogP contribution in [0.3, 0.4) is 0 Å². The summed E-state index contributed by atoms with van der Waals surface area (Å²) in [5.74, 6) is 0.464. The molecule has 1 aromatic rings. The molecule has 1 aliphatic heterocycles. The summed E-state index contributed by atoms with van der Waals surface area (Å²) < 4.78 is 5.06. The minimum atomic E-state index is -0.236. The van der Waals surface area contributed by atoms with Crippen LogP contribution >= 0.6 is 0 Å². The smallest absolute Gasteiger partial charge is 0.253 e. The zero-order valence-electron chi connectivity index (χ0n) is 13.0. The van der Waals surface area contributed by atoms with Crippen molar-refractivity contribution >= 4 is 17.9 Å². The zero-order chi connectivity index (χ0) is 15.7. The Kier molecular flexibility index (Phi) is 7.23. The molecule has 0 saturated carbocycles. The Labute approximate surface area is 126 Å². The van der Waals surface area contributed by atoms with Gasteiger partial charge in [-0.3, -0.25) is 14.5 Å². The number of likely N-dealkylation sites (tertiary alicyclic amines) is 1. The zero-order valence-corrected chi connectivity index (χ0v) is 13.0. The third-order valence-electron chi connectivity index (χ3n) is 3.12. The summed E-state index contributed by atoms with van der Waals surface area (Å²) in [7, 11) is 1.61. The topological polar surface area (TPSA) is 46.6 Å². The number of amides is 2. The van der Waals surface area contributed by atoms with Gasteiger partial charge < -0.3 is 4.74 Å². The van der Waals surface area contributed by atoms with Crippen LogP contribution in [0.2, 0.25) is 0 Å². The normalized spacial score (nSPS) is 14.6. The molecule has 2 rings (SSSR count). The molecule has 0 radical (unpaired) electrons. The first-order valence-electron chi connectivity index (χ1n) is 7.37. The van der Waals surface area contributed by atoms with Gasteiger partial charge in [0.05, 0.1) is 7.11 Å². The molecule has 4 heteroatoms.